The summed E-state index contributed by atoms with van der Waals surface area (Å²) >= 11 is 6.82. The molecule has 2 rings (SSSR count). The van der Waals surface area contributed by atoms with Gasteiger partial charge in [-0.3, -0.25) is 4.79 Å². The van der Waals surface area contributed by atoms with Gasteiger partial charge in [-0.1, -0.05) is 22.9 Å². The Morgan fingerprint density at radius 2 is 2.14 bits per heavy atom. The van der Waals surface area contributed by atoms with E-state index in [9.17, 15) is 9.59 Å². The Balaban J connectivity index is 1.95. The smallest absolute Gasteiger partial charge is 0.321 e. The molecule has 5 nitrogen and oxygen atoms in total. The second-order valence-corrected chi connectivity index (χ2v) is 7.03. The van der Waals surface area contributed by atoms with Gasteiger partial charge in [0.25, 0.3) is 0 Å². The average Bonchev–Trinajstić information content (AvgIpc) is 2.50. The Kier molecular flexibility index (Phi) is 6.26. The van der Waals surface area contributed by atoms with Crippen LogP contribution in [0.3, 0.4) is 0 Å². The lowest BCUT2D eigenvalue weighted by Crippen LogP contribution is -2.50. The van der Waals surface area contributed by atoms with Crippen LogP contribution in [0.1, 0.15) is 26.2 Å². The van der Waals surface area contributed by atoms with E-state index in [2.05, 4.69) is 42.5 Å². The Morgan fingerprint density at radius 1 is 1.36 bits per heavy atom. The average molecular weight is 433 g/mol. The minimum atomic E-state index is -0.140. The molecule has 1 saturated heterocycles. The minimum Gasteiger partial charge on any atom is -0.352 e. The molecule has 1 fully saturated rings. The number of hydrogen-bond donors (Lipinski definition) is 2. The summed E-state index contributed by atoms with van der Waals surface area (Å²) in [6, 6.07) is 5.50. The highest BCUT2D eigenvalue weighted by Crippen LogP contribution is 2.26. The highest BCUT2D eigenvalue weighted by atomic mass is 79.9. The zero-order chi connectivity index (χ0) is 16.1. The van der Waals surface area contributed by atoms with Crippen LogP contribution in [0.15, 0.2) is 27.1 Å². The van der Waals surface area contributed by atoms with Crippen LogP contribution in [0, 0.1) is 0 Å². The first kappa shape index (κ1) is 17.3. The number of halogens is 2. The monoisotopic (exact) mass is 431 g/mol. The lowest BCUT2D eigenvalue weighted by atomic mass is 10.1. The molecule has 0 aromatic heterocycles. The molecule has 0 radical (unpaired) electrons. The number of rotatable bonds is 3. The van der Waals surface area contributed by atoms with Gasteiger partial charge in [-0.15, -0.1) is 0 Å². The number of nitrogens with one attached hydrogen (secondary N) is 2. The van der Waals surface area contributed by atoms with Crippen LogP contribution in [0.5, 0.6) is 0 Å². The molecule has 120 valence electrons. The van der Waals surface area contributed by atoms with Gasteiger partial charge in [0.2, 0.25) is 5.91 Å². The molecule has 1 aromatic carbocycles. The highest BCUT2D eigenvalue weighted by Gasteiger charge is 2.24. The summed E-state index contributed by atoms with van der Waals surface area (Å²) in [4.78, 5) is 25.6. The fraction of sp³-hybridized carbons (Fsp3) is 0.467. The molecule has 7 heteroatoms. The first-order chi connectivity index (χ1) is 10.5. The third kappa shape index (κ3) is 4.71. The predicted molar refractivity (Wildman–Crippen MR) is 93.9 cm³/mol. The number of benzene rings is 1. The topological polar surface area (TPSA) is 61.4 Å². The Bertz CT molecular complexity index is 566. The second kappa shape index (κ2) is 7.97. The van der Waals surface area contributed by atoms with Crippen LogP contribution in [0.2, 0.25) is 0 Å². The van der Waals surface area contributed by atoms with E-state index in [1.54, 1.807) is 4.90 Å². The Hall–Kier alpha value is -1.08. The number of nitrogens with zero attached hydrogens (tertiary/aromatic N) is 1. The highest BCUT2D eigenvalue weighted by molar-refractivity contribution is 9.11. The van der Waals surface area contributed by atoms with E-state index in [0.29, 0.717) is 19.5 Å². The van der Waals surface area contributed by atoms with Gasteiger partial charge in [-0.2, -0.15) is 0 Å². The summed E-state index contributed by atoms with van der Waals surface area (Å²) in [5.41, 5.74) is 0.730. The molecule has 1 unspecified atom stereocenters. The number of hydrogen-bond acceptors (Lipinski definition) is 2. The second-order valence-electron chi connectivity index (χ2n) is 5.26. The maximum absolute atomic E-state index is 12.4. The zero-order valence-corrected chi connectivity index (χ0v) is 15.5. The maximum Gasteiger partial charge on any atom is 0.321 e. The number of carbonyl (C=O) groups is 2. The molecule has 1 aromatic rings. The van der Waals surface area contributed by atoms with Crippen LogP contribution in [-0.2, 0) is 4.79 Å². The van der Waals surface area contributed by atoms with Gasteiger partial charge in [-0.05, 0) is 47.0 Å². The fourth-order valence-corrected chi connectivity index (χ4v) is 3.54. The molecular weight excluding hydrogens is 414 g/mol. The van der Waals surface area contributed by atoms with Gasteiger partial charge in [-0.25, -0.2) is 4.79 Å². The Morgan fingerprint density at radius 3 is 2.82 bits per heavy atom. The summed E-state index contributed by atoms with van der Waals surface area (Å²) in [6.07, 6.45) is 2.27. The molecule has 0 bridgehead atoms. The van der Waals surface area contributed by atoms with Gasteiger partial charge >= 0.3 is 6.03 Å². The first-order valence-corrected chi connectivity index (χ1v) is 8.88. The third-order valence-electron chi connectivity index (χ3n) is 3.57. The summed E-state index contributed by atoms with van der Waals surface area (Å²) in [6.45, 7) is 3.08. The number of likely N-dealkylation sites (tertiary alicyclic amines) is 1. The summed E-state index contributed by atoms with van der Waals surface area (Å²) in [7, 11) is 0. The number of anilines is 1. The van der Waals surface area contributed by atoms with E-state index in [4.69, 9.17) is 0 Å². The minimum absolute atomic E-state index is 0.0305. The molecule has 0 spiro atoms. The summed E-state index contributed by atoms with van der Waals surface area (Å²) < 4.78 is 1.76. The van der Waals surface area contributed by atoms with E-state index in [1.807, 2.05) is 25.1 Å². The molecule has 1 atom stereocenters. The normalized spacial score (nSPS) is 18.0. The molecule has 0 aliphatic carbocycles. The zero-order valence-electron chi connectivity index (χ0n) is 12.4. The first-order valence-electron chi connectivity index (χ1n) is 7.30. The SMILES string of the molecule is CCC(=O)NC1CCCN(C(=O)Nc2ccc(Br)cc2Br)C1. The van der Waals surface area contributed by atoms with Crippen LogP contribution < -0.4 is 10.6 Å². The Labute approximate surface area is 147 Å². The maximum atomic E-state index is 12.4. The molecule has 1 aliphatic rings. The van der Waals surface area contributed by atoms with Crippen molar-refractivity contribution in [3.8, 4) is 0 Å². The van der Waals surface area contributed by atoms with Crippen LogP contribution in [-0.4, -0.2) is 36.0 Å². The molecule has 0 saturated carbocycles. The van der Waals surface area contributed by atoms with Crippen LogP contribution in [0.4, 0.5) is 10.5 Å². The van der Waals surface area contributed by atoms with E-state index in [-0.39, 0.29) is 18.0 Å². The number of amides is 3. The quantitative estimate of drug-likeness (QED) is 0.764. The van der Waals surface area contributed by atoms with Crippen molar-refractivity contribution >= 4 is 49.5 Å². The standard InChI is InChI=1S/C15H19Br2N3O2/c1-2-14(21)18-11-4-3-7-20(9-11)15(22)19-13-6-5-10(16)8-12(13)17/h5-6,8,11H,2-4,7,9H2,1H3,(H,18,21)(H,19,22). The van der Waals surface area contributed by atoms with Crippen LogP contribution in [0.25, 0.3) is 0 Å². The molecule has 1 aliphatic heterocycles. The third-order valence-corrected chi connectivity index (χ3v) is 4.72. The number of piperidine rings is 1. The van der Waals surface area contributed by atoms with E-state index in [1.165, 1.54) is 0 Å². The van der Waals surface area contributed by atoms with Crippen molar-refractivity contribution in [2.24, 2.45) is 0 Å². The summed E-state index contributed by atoms with van der Waals surface area (Å²) in [5, 5.41) is 5.86. The molecule has 3 amide bonds. The summed E-state index contributed by atoms with van der Waals surface area (Å²) in [5.74, 6) is 0.0305. The van der Waals surface area contributed by atoms with Gasteiger partial charge in [0.05, 0.1) is 5.69 Å². The van der Waals surface area contributed by atoms with Crippen molar-refractivity contribution in [2.45, 2.75) is 32.2 Å². The van der Waals surface area contributed by atoms with E-state index >= 15 is 0 Å². The fourth-order valence-electron chi connectivity index (χ4n) is 2.39. The van der Waals surface area contributed by atoms with Crippen molar-refractivity contribution in [1.29, 1.82) is 0 Å². The van der Waals surface area contributed by atoms with Crippen molar-refractivity contribution in [3.05, 3.63) is 27.1 Å². The van der Waals surface area contributed by atoms with Crippen molar-refractivity contribution < 1.29 is 9.59 Å². The van der Waals surface area contributed by atoms with Crippen molar-refractivity contribution in [3.63, 3.8) is 0 Å². The van der Waals surface area contributed by atoms with Crippen molar-refractivity contribution in [2.75, 3.05) is 18.4 Å². The largest absolute Gasteiger partial charge is 0.352 e. The number of urea groups is 1. The molecule has 1 heterocycles. The van der Waals surface area contributed by atoms with E-state index < -0.39 is 0 Å². The van der Waals surface area contributed by atoms with Crippen molar-refractivity contribution in [1.82, 2.24) is 10.2 Å². The van der Waals surface area contributed by atoms with Gasteiger partial charge in [0.1, 0.15) is 0 Å². The molecule has 22 heavy (non-hydrogen) atoms. The lowest BCUT2D eigenvalue weighted by Gasteiger charge is -2.33. The molecule has 2 N–H and O–H groups in total. The predicted octanol–water partition coefficient (Wildman–Crippen LogP) is 3.73. The number of carbonyl (C=O) groups excluding carboxylic acids is 2. The molecular formula is C15H19Br2N3O2. The van der Waals surface area contributed by atoms with Gasteiger partial charge in [0, 0.05) is 34.5 Å². The van der Waals surface area contributed by atoms with Gasteiger partial charge in [0.15, 0.2) is 0 Å². The van der Waals surface area contributed by atoms with E-state index in [0.717, 1.165) is 27.5 Å². The van der Waals surface area contributed by atoms with Crippen LogP contribution >= 0.6 is 31.9 Å². The van der Waals surface area contributed by atoms with Gasteiger partial charge < -0.3 is 15.5 Å². The lowest BCUT2D eigenvalue weighted by molar-refractivity contribution is -0.121.